The summed E-state index contributed by atoms with van der Waals surface area (Å²) in [6, 6.07) is 2.63. The van der Waals surface area contributed by atoms with Crippen LogP contribution in [0, 0.1) is 6.42 Å². The fourth-order valence-electron chi connectivity index (χ4n) is 1.07. The first-order valence-electron chi connectivity index (χ1n) is 4.05. The molecule has 1 aromatic rings. The molecule has 0 aliphatic carbocycles. The van der Waals surface area contributed by atoms with Crippen LogP contribution in [0.5, 0.6) is 0 Å². The first-order valence-corrected chi connectivity index (χ1v) is 4.05. The van der Waals surface area contributed by atoms with Crippen LogP contribution < -0.4 is 5.73 Å². The maximum atomic E-state index is 12.4. The van der Waals surface area contributed by atoms with Gasteiger partial charge < -0.3 is 5.73 Å². The molecule has 0 saturated carbocycles. The number of aromatic nitrogens is 1. The topological polar surface area (TPSA) is 56.0 Å². The molecule has 2 N–H and O–H groups in total. The summed E-state index contributed by atoms with van der Waals surface area (Å²) in [5.74, 6) is -0.757. The van der Waals surface area contributed by atoms with Crippen LogP contribution in [0.1, 0.15) is 11.3 Å². The Bertz CT molecular complexity index is 363. The molecule has 0 aliphatic rings. The Labute approximate surface area is 84.1 Å². The van der Waals surface area contributed by atoms with Crippen LogP contribution in [0.15, 0.2) is 18.3 Å². The second-order valence-corrected chi connectivity index (χ2v) is 2.82. The van der Waals surface area contributed by atoms with Gasteiger partial charge in [-0.15, -0.1) is 0 Å². The number of primary amides is 1. The highest BCUT2D eigenvalue weighted by molar-refractivity contribution is 5.83. The van der Waals surface area contributed by atoms with Crippen LogP contribution in [-0.2, 0) is 17.4 Å². The molecule has 1 amide bonds. The molecule has 1 heterocycles. The number of hydrogen-bond donors (Lipinski definition) is 1. The summed E-state index contributed by atoms with van der Waals surface area (Å²) in [4.78, 5) is 13.6. The van der Waals surface area contributed by atoms with E-state index >= 15 is 0 Å². The van der Waals surface area contributed by atoms with Crippen LogP contribution >= 0.6 is 0 Å². The molecule has 6 heteroatoms. The summed E-state index contributed by atoms with van der Waals surface area (Å²) in [7, 11) is 0. The predicted octanol–water partition coefficient (Wildman–Crippen LogP) is 1.33. The number of hydrogen-bond acceptors (Lipinski definition) is 2. The van der Waals surface area contributed by atoms with Crippen molar-refractivity contribution in [3.63, 3.8) is 0 Å². The van der Waals surface area contributed by atoms with Crippen molar-refractivity contribution >= 4 is 5.91 Å². The van der Waals surface area contributed by atoms with Gasteiger partial charge in [-0.05, 0) is 18.1 Å². The summed E-state index contributed by atoms with van der Waals surface area (Å²) in [6.07, 6.45) is -2.65. The number of amides is 1. The summed E-state index contributed by atoms with van der Waals surface area (Å²) in [5.41, 5.74) is 3.75. The van der Waals surface area contributed by atoms with E-state index in [0.717, 1.165) is 12.6 Å². The summed E-state index contributed by atoms with van der Waals surface area (Å²) < 4.78 is 37.1. The zero-order valence-corrected chi connectivity index (χ0v) is 7.58. The van der Waals surface area contributed by atoms with Crippen molar-refractivity contribution in [2.24, 2.45) is 5.73 Å². The van der Waals surface area contributed by atoms with E-state index in [4.69, 9.17) is 5.73 Å². The number of halogens is 3. The monoisotopic (exact) mass is 217 g/mol. The number of pyridine rings is 1. The zero-order valence-electron chi connectivity index (χ0n) is 7.58. The summed E-state index contributed by atoms with van der Waals surface area (Å²) in [6.45, 7) is 0. The van der Waals surface area contributed by atoms with Gasteiger partial charge in [-0.3, -0.25) is 9.78 Å². The Morgan fingerprint density at radius 1 is 1.53 bits per heavy atom. The standard InChI is InChI=1S/C9H8F3N2O/c10-9(11,12)8-6(2-1-5-14-8)3-4-7(13)15/h1-2,4-5H,3H2,(H2,13,15). The molecule has 0 spiro atoms. The Morgan fingerprint density at radius 3 is 2.73 bits per heavy atom. The van der Waals surface area contributed by atoms with Crippen LogP contribution in [0.3, 0.4) is 0 Å². The van der Waals surface area contributed by atoms with Crippen molar-refractivity contribution in [1.82, 2.24) is 4.98 Å². The van der Waals surface area contributed by atoms with E-state index in [0.29, 0.717) is 0 Å². The van der Waals surface area contributed by atoms with E-state index < -0.39 is 17.8 Å². The molecule has 1 rings (SSSR count). The van der Waals surface area contributed by atoms with E-state index in [2.05, 4.69) is 4.98 Å². The van der Waals surface area contributed by atoms with Gasteiger partial charge in [0.1, 0.15) is 5.69 Å². The fraction of sp³-hybridized carbons (Fsp3) is 0.222. The van der Waals surface area contributed by atoms with Crippen molar-refractivity contribution in [1.29, 1.82) is 0 Å². The molecule has 3 nitrogen and oxygen atoms in total. The fourth-order valence-corrected chi connectivity index (χ4v) is 1.07. The molecule has 15 heavy (non-hydrogen) atoms. The SMILES string of the molecule is NC(=O)[CH]Cc1cccnc1C(F)(F)F. The molecular weight excluding hydrogens is 209 g/mol. The molecule has 0 unspecified atom stereocenters. The van der Waals surface area contributed by atoms with Crippen molar-refractivity contribution in [2.45, 2.75) is 12.6 Å². The van der Waals surface area contributed by atoms with Crippen molar-refractivity contribution in [2.75, 3.05) is 0 Å². The second kappa shape index (κ2) is 4.29. The van der Waals surface area contributed by atoms with E-state index in [-0.39, 0.29) is 12.0 Å². The molecule has 1 radical (unpaired) electrons. The average molecular weight is 217 g/mol. The Morgan fingerprint density at radius 2 is 2.20 bits per heavy atom. The molecule has 0 atom stereocenters. The highest BCUT2D eigenvalue weighted by Gasteiger charge is 2.34. The summed E-state index contributed by atoms with van der Waals surface area (Å²) in [5, 5.41) is 0. The Kier molecular flexibility index (Phi) is 3.28. The largest absolute Gasteiger partial charge is 0.433 e. The van der Waals surface area contributed by atoms with Gasteiger partial charge >= 0.3 is 6.18 Å². The normalized spacial score (nSPS) is 11.4. The van der Waals surface area contributed by atoms with Gasteiger partial charge in [0.05, 0.1) is 6.42 Å². The minimum absolute atomic E-state index is 0.0659. The molecular formula is C9H8F3N2O. The second-order valence-electron chi connectivity index (χ2n) is 2.82. The minimum Gasteiger partial charge on any atom is -0.369 e. The third-order valence-electron chi connectivity index (χ3n) is 1.68. The molecule has 81 valence electrons. The van der Waals surface area contributed by atoms with Crippen molar-refractivity contribution in [3.8, 4) is 0 Å². The van der Waals surface area contributed by atoms with Crippen LogP contribution in [0.4, 0.5) is 13.2 Å². The van der Waals surface area contributed by atoms with Gasteiger partial charge in [0, 0.05) is 6.20 Å². The average Bonchev–Trinajstić information content (AvgIpc) is 2.13. The molecule has 0 aliphatic heterocycles. The van der Waals surface area contributed by atoms with E-state index in [1.807, 2.05) is 0 Å². The van der Waals surface area contributed by atoms with Gasteiger partial charge in [-0.1, -0.05) is 6.07 Å². The molecule has 0 aromatic carbocycles. The van der Waals surface area contributed by atoms with Crippen LogP contribution in [0.25, 0.3) is 0 Å². The molecule has 0 saturated heterocycles. The number of nitrogens with zero attached hydrogens (tertiary/aromatic N) is 1. The maximum Gasteiger partial charge on any atom is 0.433 e. The van der Waals surface area contributed by atoms with Gasteiger partial charge in [0.25, 0.3) is 0 Å². The third kappa shape index (κ3) is 3.23. The molecule has 1 aromatic heterocycles. The van der Waals surface area contributed by atoms with Gasteiger partial charge in [0.15, 0.2) is 0 Å². The number of rotatable bonds is 3. The van der Waals surface area contributed by atoms with Crippen molar-refractivity contribution < 1.29 is 18.0 Å². The lowest BCUT2D eigenvalue weighted by Crippen LogP contribution is -2.16. The number of carbonyl (C=O) groups is 1. The predicted molar refractivity (Wildman–Crippen MR) is 46.4 cm³/mol. The van der Waals surface area contributed by atoms with Gasteiger partial charge in [0.2, 0.25) is 5.91 Å². The van der Waals surface area contributed by atoms with E-state index in [9.17, 15) is 18.0 Å². The van der Waals surface area contributed by atoms with Crippen LogP contribution in [-0.4, -0.2) is 10.9 Å². The number of nitrogens with two attached hydrogens (primary N) is 1. The van der Waals surface area contributed by atoms with Crippen molar-refractivity contribution in [3.05, 3.63) is 36.0 Å². The Balaban J connectivity index is 2.92. The summed E-state index contributed by atoms with van der Waals surface area (Å²) >= 11 is 0. The third-order valence-corrected chi connectivity index (χ3v) is 1.68. The molecule has 0 bridgehead atoms. The lowest BCUT2D eigenvalue weighted by Gasteiger charge is -2.10. The first kappa shape index (κ1) is 11.5. The Hall–Kier alpha value is -1.59. The number of carbonyl (C=O) groups excluding carboxylic acids is 1. The van der Waals surface area contributed by atoms with E-state index in [1.165, 1.54) is 12.1 Å². The lowest BCUT2D eigenvalue weighted by atomic mass is 10.1. The quantitative estimate of drug-likeness (QED) is 0.830. The van der Waals surface area contributed by atoms with Gasteiger partial charge in [-0.2, -0.15) is 13.2 Å². The minimum atomic E-state index is -4.51. The molecule has 0 fully saturated rings. The highest BCUT2D eigenvalue weighted by atomic mass is 19.4. The van der Waals surface area contributed by atoms with Crippen LogP contribution in [0.2, 0.25) is 0 Å². The lowest BCUT2D eigenvalue weighted by molar-refractivity contribution is -0.141. The first-order chi connectivity index (χ1) is 6.91. The highest BCUT2D eigenvalue weighted by Crippen LogP contribution is 2.30. The zero-order chi connectivity index (χ0) is 11.5. The smallest absolute Gasteiger partial charge is 0.369 e. The maximum absolute atomic E-state index is 12.4. The van der Waals surface area contributed by atoms with Gasteiger partial charge in [-0.25, -0.2) is 0 Å². The van der Waals surface area contributed by atoms with E-state index in [1.54, 1.807) is 0 Å². The number of alkyl halides is 3.